The summed E-state index contributed by atoms with van der Waals surface area (Å²) < 4.78 is 29.1. The summed E-state index contributed by atoms with van der Waals surface area (Å²) in [6.45, 7) is 7.89. The van der Waals surface area contributed by atoms with Crippen LogP contribution in [0, 0.1) is 12.8 Å². The highest BCUT2D eigenvalue weighted by Gasteiger charge is 2.29. The third-order valence-corrected chi connectivity index (χ3v) is 5.39. The molecule has 1 fully saturated rings. The van der Waals surface area contributed by atoms with Crippen molar-refractivity contribution in [3.8, 4) is 5.88 Å². The van der Waals surface area contributed by atoms with Gasteiger partial charge in [0, 0.05) is 24.6 Å². The Morgan fingerprint density at radius 3 is 2.21 bits per heavy atom. The summed E-state index contributed by atoms with van der Waals surface area (Å²) in [6, 6.07) is 3.80. The molecule has 1 saturated carbocycles. The summed E-state index contributed by atoms with van der Waals surface area (Å²) in [5.41, 5.74) is 0.938. The lowest BCUT2D eigenvalue weighted by molar-refractivity contribution is -0.125. The number of aliphatic imine (C=N–C) groups is 1. The second kappa shape index (κ2) is 17.6. The zero-order valence-electron chi connectivity index (χ0n) is 21.4. The van der Waals surface area contributed by atoms with E-state index in [0.717, 1.165) is 29.4 Å². The number of carbonyl (C=O) groups is 1. The van der Waals surface area contributed by atoms with Crippen LogP contribution in [-0.2, 0) is 4.79 Å². The van der Waals surface area contributed by atoms with Crippen LogP contribution in [0.5, 0.6) is 5.88 Å². The first-order valence-electron chi connectivity index (χ1n) is 12.1. The van der Waals surface area contributed by atoms with Crippen LogP contribution >= 0.6 is 0 Å². The maximum Gasteiger partial charge on any atom is 0.213 e. The van der Waals surface area contributed by atoms with Crippen LogP contribution in [0.4, 0.5) is 14.5 Å². The van der Waals surface area contributed by atoms with Crippen LogP contribution in [-0.4, -0.2) is 47.6 Å². The predicted molar refractivity (Wildman–Crippen MR) is 132 cm³/mol. The Bertz CT molecular complexity index is 703. The van der Waals surface area contributed by atoms with Crippen molar-refractivity contribution < 1.29 is 23.4 Å². The van der Waals surface area contributed by atoms with Gasteiger partial charge in [0.1, 0.15) is 24.7 Å². The van der Waals surface area contributed by atoms with Crippen molar-refractivity contribution in [3.63, 3.8) is 0 Å². The van der Waals surface area contributed by atoms with Crippen molar-refractivity contribution in [3.05, 3.63) is 17.8 Å². The van der Waals surface area contributed by atoms with Gasteiger partial charge in [-0.3, -0.25) is 9.79 Å². The lowest BCUT2D eigenvalue weighted by Gasteiger charge is -2.19. The van der Waals surface area contributed by atoms with Crippen molar-refractivity contribution in [1.29, 1.82) is 0 Å². The number of hydrogen-bond donors (Lipinski definition) is 1. The monoisotopic (exact) mass is 470 g/mol. The number of ether oxygens (including phenoxy) is 1. The molecule has 2 rings (SSSR count). The molecule has 1 aromatic heterocycles. The van der Waals surface area contributed by atoms with Crippen molar-refractivity contribution in [2.45, 2.75) is 98.0 Å². The van der Waals surface area contributed by atoms with Crippen LogP contribution in [0.3, 0.4) is 0 Å². The van der Waals surface area contributed by atoms with E-state index in [0.29, 0.717) is 12.3 Å². The zero-order chi connectivity index (χ0) is 25.3. The lowest BCUT2D eigenvalue weighted by atomic mass is 9.88. The number of aromatic nitrogens is 1. The molecule has 1 heterocycles. The number of halogens is 2. The van der Waals surface area contributed by atoms with Crippen molar-refractivity contribution in [1.82, 2.24) is 4.98 Å². The SMILES string of the molecule is CC1CCC1.CCCC(=O)CC(O)(CF)CF.CCCCC(C)=Nc1ccc(OC)nc1C. The van der Waals surface area contributed by atoms with E-state index in [4.69, 9.17) is 9.84 Å². The molecule has 0 aromatic carbocycles. The maximum absolute atomic E-state index is 12.0. The number of aliphatic hydroxyl groups is 1. The van der Waals surface area contributed by atoms with E-state index in [9.17, 15) is 13.6 Å². The van der Waals surface area contributed by atoms with Crippen LogP contribution < -0.4 is 4.74 Å². The van der Waals surface area contributed by atoms with Crippen LogP contribution in [0.1, 0.15) is 91.2 Å². The predicted octanol–water partition coefficient (Wildman–Crippen LogP) is 6.90. The number of unbranched alkanes of at least 4 members (excludes halogenated alkanes) is 1. The Labute approximate surface area is 199 Å². The van der Waals surface area contributed by atoms with Gasteiger partial charge in [-0.1, -0.05) is 46.5 Å². The molecular weight excluding hydrogens is 426 g/mol. The second-order valence-electron chi connectivity index (χ2n) is 8.90. The number of rotatable bonds is 11. The molecule has 190 valence electrons. The van der Waals surface area contributed by atoms with Crippen LogP contribution in [0.25, 0.3) is 0 Å². The second-order valence-corrected chi connectivity index (χ2v) is 8.90. The van der Waals surface area contributed by atoms with Crippen molar-refractivity contribution in [2.75, 3.05) is 20.5 Å². The number of aryl methyl sites for hydroxylation is 1. The summed E-state index contributed by atoms with van der Waals surface area (Å²) in [7, 11) is 1.62. The first-order chi connectivity index (χ1) is 15.6. The number of alkyl halides is 2. The number of Topliss-reactive ketones (excluding diaryl/α,β-unsaturated/α-hetero) is 1. The normalized spacial score (nSPS) is 13.8. The third kappa shape index (κ3) is 14.1. The molecule has 1 aliphatic rings. The number of carbonyl (C=O) groups excluding carboxylic acids is 1. The van der Waals surface area contributed by atoms with E-state index >= 15 is 0 Å². The van der Waals surface area contributed by atoms with Gasteiger partial charge >= 0.3 is 0 Å². The van der Waals surface area contributed by atoms with Crippen molar-refractivity contribution >= 4 is 17.2 Å². The minimum atomic E-state index is -2.08. The van der Waals surface area contributed by atoms with Gasteiger partial charge in [0.25, 0.3) is 0 Å². The number of pyridine rings is 1. The Balaban J connectivity index is 0.000000526. The van der Waals surface area contributed by atoms with Gasteiger partial charge in [0.2, 0.25) is 5.88 Å². The fourth-order valence-corrected chi connectivity index (χ4v) is 2.93. The largest absolute Gasteiger partial charge is 0.481 e. The molecule has 0 radical (unpaired) electrons. The van der Waals surface area contributed by atoms with Gasteiger partial charge in [0.15, 0.2) is 0 Å². The van der Waals surface area contributed by atoms with Gasteiger partial charge in [-0.2, -0.15) is 0 Å². The molecule has 1 N–H and O–H groups in total. The lowest BCUT2D eigenvalue weighted by Crippen LogP contribution is -2.36. The standard InChI is InChI=1S/C13H20N2O.C8H14F2O2.C5H10/c1-5-6-7-10(2)14-12-8-9-13(16-4)15-11(12)3;1-2-3-7(11)4-8(12,5-9)6-10;1-5-3-2-4-5/h8-9H,5-7H2,1-4H3;12H,2-6H2,1H3;5H,2-4H2,1H3. The smallest absolute Gasteiger partial charge is 0.213 e. The highest BCUT2D eigenvalue weighted by molar-refractivity contribution is 5.84. The highest BCUT2D eigenvalue weighted by Crippen LogP contribution is 2.24. The molecule has 0 saturated heterocycles. The van der Waals surface area contributed by atoms with Crippen LogP contribution in [0.15, 0.2) is 17.1 Å². The Kier molecular flexibility index (Phi) is 16.6. The van der Waals surface area contributed by atoms with E-state index in [-0.39, 0.29) is 12.2 Å². The first kappa shape index (κ1) is 31.1. The van der Waals surface area contributed by atoms with Gasteiger partial charge < -0.3 is 9.84 Å². The molecule has 0 unspecified atom stereocenters. The fraction of sp³-hybridized carbons (Fsp3) is 0.731. The molecule has 0 atom stereocenters. The molecule has 0 spiro atoms. The molecule has 0 aliphatic heterocycles. The summed E-state index contributed by atoms with van der Waals surface area (Å²) >= 11 is 0. The molecule has 5 nitrogen and oxygen atoms in total. The average molecular weight is 471 g/mol. The van der Waals surface area contributed by atoms with E-state index in [1.54, 1.807) is 14.0 Å². The summed E-state index contributed by atoms with van der Waals surface area (Å²) in [6.07, 6.45) is 8.39. The molecule has 0 amide bonds. The first-order valence-corrected chi connectivity index (χ1v) is 12.1. The summed E-state index contributed by atoms with van der Waals surface area (Å²) in [5, 5.41) is 9.05. The highest BCUT2D eigenvalue weighted by atomic mass is 19.1. The zero-order valence-corrected chi connectivity index (χ0v) is 21.4. The Morgan fingerprint density at radius 2 is 1.82 bits per heavy atom. The van der Waals surface area contributed by atoms with Gasteiger partial charge in [-0.05, 0) is 45.1 Å². The molecule has 0 bridgehead atoms. The molecule has 33 heavy (non-hydrogen) atoms. The average Bonchev–Trinajstić information content (AvgIpc) is 2.78. The maximum atomic E-state index is 12.0. The number of methoxy groups -OCH3 is 1. The topological polar surface area (TPSA) is 71.8 Å². The molecule has 7 heteroatoms. The van der Waals surface area contributed by atoms with Gasteiger partial charge in [0.05, 0.1) is 18.5 Å². The minimum Gasteiger partial charge on any atom is -0.481 e. The summed E-state index contributed by atoms with van der Waals surface area (Å²) in [5.74, 6) is 1.41. The van der Waals surface area contributed by atoms with Crippen molar-refractivity contribution in [2.24, 2.45) is 10.9 Å². The number of ketones is 1. The molecule has 1 aromatic rings. The van der Waals surface area contributed by atoms with Crippen LogP contribution in [0.2, 0.25) is 0 Å². The Hall–Kier alpha value is -1.89. The minimum absolute atomic E-state index is 0.266. The van der Waals surface area contributed by atoms with E-state index in [1.165, 1.54) is 32.1 Å². The quantitative estimate of drug-likeness (QED) is 0.357. The van der Waals surface area contributed by atoms with Gasteiger partial charge in [-0.25, -0.2) is 13.8 Å². The van der Waals surface area contributed by atoms with E-state index < -0.39 is 25.4 Å². The number of hydrogen-bond acceptors (Lipinski definition) is 5. The third-order valence-electron chi connectivity index (χ3n) is 5.39. The fourth-order valence-electron chi connectivity index (χ4n) is 2.93. The van der Waals surface area contributed by atoms with E-state index in [2.05, 4.69) is 30.7 Å². The van der Waals surface area contributed by atoms with Gasteiger partial charge in [-0.15, -0.1) is 0 Å². The molecular formula is C26H44F2N2O3. The number of nitrogens with zero attached hydrogens (tertiary/aromatic N) is 2. The van der Waals surface area contributed by atoms with E-state index in [1.807, 2.05) is 19.1 Å². The molecule has 1 aliphatic carbocycles. The summed E-state index contributed by atoms with van der Waals surface area (Å²) in [4.78, 5) is 19.7. The Morgan fingerprint density at radius 1 is 1.21 bits per heavy atom.